The molecule has 0 aliphatic rings. The molecule has 0 amide bonds. The van der Waals surface area contributed by atoms with Crippen LogP contribution in [0.5, 0.6) is 0 Å². The lowest BCUT2D eigenvalue weighted by molar-refractivity contribution is 1.50. The van der Waals surface area contributed by atoms with Crippen LogP contribution in [0, 0.1) is 11.8 Å². The van der Waals surface area contributed by atoms with Gasteiger partial charge in [0.2, 0.25) is 0 Å². The number of anilines is 1. The van der Waals surface area contributed by atoms with Crippen molar-refractivity contribution in [3.05, 3.63) is 52.2 Å². The first kappa shape index (κ1) is 9.82. The van der Waals surface area contributed by atoms with E-state index in [2.05, 4.69) is 22.5 Å². The number of hydrogen-bond donors (Lipinski definition) is 1. The molecule has 1 nitrogen and oxygen atoms in total. The normalized spacial score (nSPS) is 9.13. The van der Waals surface area contributed by atoms with Gasteiger partial charge in [0.25, 0.3) is 0 Å². The Hall–Kier alpha value is -1.72. The Labute approximate surface area is 93.8 Å². The van der Waals surface area contributed by atoms with Crippen LogP contribution in [0.2, 0.25) is 0 Å². The van der Waals surface area contributed by atoms with Gasteiger partial charge in [-0.3, -0.25) is 0 Å². The van der Waals surface area contributed by atoms with Crippen molar-refractivity contribution in [2.24, 2.45) is 0 Å². The lowest BCUT2D eigenvalue weighted by atomic mass is 10.2. The molecule has 0 saturated heterocycles. The summed E-state index contributed by atoms with van der Waals surface area (Å²) in [5.41, 5.74) is 3.23. The van der Waals surface area contributed by atoms with E-state index >= 15 is 0 Å². The fourth-order valence-corrected chi connectivity index (χ4v) is 1.79. The van der Waals surface area contributed by atoms with Crippen molar-refractivity contribution in [1.82, 2.24) is 0 Å². The molecule has 2 rings (SSSR count). The fourth-order valence-electron chi connectivity index (χ4n) is 1.20. The molecule has 15 heavy (non-hydrogen) atoms. The zero-order chi connectivity index (χ0) is 10.5. The monoisotopic (exact) mass is 213 g/mol. The van der Waals surface area contributed by atoms with Gasteiger partial charge in [-0.05, 0) is 35.7 Å². The van der Waals surface area contributed by atoms with Gasteiger partial charge in [0.1, 0.15) is 0 Å². The minimum Gasteiger partial charge on any atom is -0.388 e. The minimum atomic E-state index is 1.04. The summed E-state index contributed by atoms with van der Waals surface area (Å²) in [6, 6.07) is 10.1. The summed E-state index contributed by atoms with van der Waals surface area (Å²) in [7, 11) is 1.91. The molecule has 1 aromatic carbocycles. The minimum absolute atomic E-state index is 1.04. The Morgan fingerprint density at radius 2 is 1.73 bits per heavy atom. The molecule has 0 aliphatic carbocycles. The van der Waals surface area contributed by atoms with E-state index in [9.17, 15) is 0 Å². The largest absolute Gasteiger partial charge is 0.388 e. The zero-order valence-corrected chi connectivity index (χ0v) is 9.27. The van der Waals surface area contributed by atoms with Crippen molar-refractivity contribution < 1.29 is 0 Å². The van der Waals surface area contributed by atoms with Gasteiger partial charge in [0.15, 0.2) is 0 Å². The van der Waals surface area contributed by atoms with E-state index in [1.165, 1.54) is 0 Å². The van der Waals surface area contributed by atoms with Gasteiger partial charge in [-0.1, -0.05) is 11.8 Å². The lowest BCUT2D eigenvalue weighted by Crippen LogP contribution is -1.86. The lowest BCUT2D eigenvalue weighted by Gasteiger charge is -1.97. The van der Waals surface area contributed by atoms with Crippen molar-refractivity contribution in [2.45, 2.75) is 0 Å². The Kier molecular flexibility index (Phi) is 3.06. The molecule has 0 fully saturated rings. The first-order valence-corrected chi connectivity index (χ1v) is 5.65. The summed E-state index contributed by atoms with van der Waals surface area (Å²) >= 11 is 1.67. The quantitative estimate of drug-likeness (QED) is 0.717. The molecule has 2 heteroatoms. The maximum atomic E-state index is 3.13. The van der Waals surface area contributed by atoms with Crippen LogP contribution in [0.3, 0.4) is 0 Å². The highest BCUT2D eigenvalue weighted by molar-refractivity contribution is 7.08. The third-order valence-corrected chi connectivity index (χ3v) is 2.73. The highest BCUT2D eigenvalue weighted by atomic mass is 32.1. The smallest absolute Gasteiger partial charge is 0.0356 e. The standard InChI is InChI=1S/C13H11NS/c1-14-13-6-4-11(5-7-13)2-3-12-8-9-15-10-12/h4-10,14H,1H3. The highest BCUT2D eigenvalue weighted by Crippen LogP contribution is 2.08. The average molecular weight is 213 g/mol. The van der Waals surface area contributed by atoms with Gasteiger partial charge in [-0.2, -0.15) is 11.3 Å². The summed E-state index contributed by atoms with van der Waals surface area (Å²) in [6.45, 7) is 0. The van der Waals surface area contributed by atoms with Crippen LogP contribution >= 0.6 is 11.3 Å². The molecule has 2 aromatic rings. The molecule has 1 aromatic heterocycles. The molecule has 0 aliphatic heterocycles. The molecule has 0 saturated carbocycles. The second-order valence-electron chi connectivity index (χ2n) is 3.09. The molecular weight excluding hydrogens is 202 g/mol. The topological polar surface area (TPSA) is 12.0 Å². The van der Waals surface area contributed by atoms with E-state index in [0.717, 1.165) is 16.8 Å². The number of thiophene rings is 1. The second kappa shape index (κ2) is 4.68. The molecule has 0 radical (unpaired) electrons. The maximum Gasteiger partial charge on any atom is 0.0356 e. The number of rotatable bonds is 1. The molecular formula is C13H11NS. The predicted molar refractivity (Wildman–Crippen MR) is 66.3 cm³/mol. The second-order valence-corrected chi connectivity index (χ2v) is 3.87. The molecule has 1 heterocycles. The number of nitrogens with one attached hydrogen (secondary N) is 1. The van der Waals surface area contributed by atoms with E-state index in [1.807, 2.05) is 42.8 Å². The van der Waals surface area contributed by atoms with Crippen molar-refractivity contribution in [2.75, 3.05) is 12.4 Å². The fraction of sp³-hybridized carbons (Fsp3) is 0.0769. The van der Waals surface area contributed by atoms with Gasteiger partial charge in [0.05, 0.1) is 0 Å². The molecule has 0 atom stereocenters. The Morgan fingerprint density at radius 1 is 1.00 bits per heavy atom. The van der Waals surface area contributed by atoms with Crippen LogP contribution in [0.1, 0.15) is 11.1 Å². The van der Waals surface area contributed by atoms with Gasteiger partial charge < -0.3 is 5.32 Å². The third kappa shape index (κ3) is 2.61. The molecule has 1 N–H and O–H groups in total. The molecule has 0 spiro atoms. The summed E-state index contributed by atoms with van der Waals surface area (Å²) < 4.78 is 0. The Bertz CT molecular complexity index is 471. The van der Waals surface area contributed by atoms with Crippen LogP contribution in [0.25, 0.3) is 0 Å². The van der Waals surface area contributed by atoms with Crippen molar-refractivity contribution in [3.8, 4) is 11.8 Å². The SMILES string of the molecule is CNc1ccc(C#Cc2ccsc2)cc1. The van der Waals surface area contributed by atoms with Gasteiger partial charge in [0, 0.05) is 29.2 Å². The van der Waals surface area contributed by atoms with Crippen LogP contribution in [0.4, 0.5) is 5.69 Å². The van der Waals surface area contributed by atoms with E-state index in [0.29, 0.717) is 0 Å². The summed E-state index contributed by atoms with van der Waals surface area (Å²) in [6.07, 6.45) is 0. The first-order chi connectivity index (χ1) is 7.38. The summed E-state index contributed by atoms with van der Waals surface area (Å²) in [5.74, 6) is 6.25. The predicted octanol–water partition coefficient (Wildman–Crippen LogP) is 3.19. The first-order valence-electron chi connectivity index (χ1n) is 4.70. The highest BCUT2D eigenvalue weighted by Gasteiger charge is 1.89. The summed E-state index contributed by atoms with van der Waals surface area (Å²) in [5, 5.41) is 7.16. The molecule has 74 valence electrons. The zero-order valence-electron chi connectivity index (χ0n) is 8.45. The van der Waals surface area contributed by atoms with Gasteiger partial charge in [-0.15, -0.1) is 0 Å². The van der Waals surface area contributed by atoms with Crippen LogP contribution < -0.4 is 5.32 Å². The van der Waals surface area contributed by atoms with E-state index < -0.39 is 0 Å². The van der Waals surface area contributed by atoms with Crippen LogP contribution in [-0.4, -0.2) is 7.05 Å². The maximum absolute atomic E-state index is 3.13. The third-order valence-electron chi connectivity index (χ3n) is 2.05. The average Bonchev–Trinajstić information content (AvgIpc) is 2.80. The van der Waals surface area contributed by atoms with Gasteiger partial charge >= 0.3 is 0 Å². The number of benzene rings is 1. The van der Waals surface area contributed by atoms with Gasteiger partial charge in [-0.25, -0.2) is 0 Å². The van der Waals surface area contributed by atoms with E-state index in [1.54, 1.807) is 11.3 Å². The van der Waals surface area contributed by atoms with Crippen molar-refractivity contribution >= 4 is 17.0 Å². The van der Waals surface area contributed by atoms with Crippen LogP contribution in [-0.2, 0) is 0 Å². The molecule has 0 bridgehead atoms. The Morgan fingerprint density at radius 3 is 2.33 bits per heavy atom. The van der Waals surface area contributed by atoms with E-state index in [4.69, 9.17) is 0 Å². The molecule has 0 unspecified atom stereocenters. The Balaban J connectivity index is 2.17. The van der Waals surface area contributed by atoms with Crippen LogP contribution in [0.15, 0.2) is 41.1 Å². The number of hydrogen-bond acceptors (Lipinski definition) is 2. The van der Waals surface area contributed by atoms with E-state index in [-0.39, 0.29) is 0 Å². The van der Waals surface area contributed by atoms with Crippen molar-refractivity contribution in [1.29, 1.82) is 0 Å². The summed E-state index contributed by atoms with van der Waals surface area (Å²) in [4.78, 5) is 0. The van der Waals surface area contributed by atoms with Crippen molar-refractivity contribution in [3.63, 3.8) is 0 Å².